The van der Waals surface area contributed by atoms with Gasteiger partial charge in [-0.3, -0.25) is 0 Å². The molecule has 0 N–H and O–H groups in total. The summed E-state index contributed by atoms with van der Waals surface area (Å²) < 4.78 is 0.0484. The zero-order valence-corrected chi connectivity index (χ0v) is 18.4. The van der Waals surface area contributed by atoms with E-state index in [4.69, 9.17) is 0 Å². The van der Waals surface area contributed by atoms with Crippen molar-refractivity contribution in [1.82, 2.24) is 0 Å². The Morgan fingerprint density at radius 1 is 0.720 bits per heavy atom. The van der Waals surface area contributed by atoms with Gasteiger partial charge in [0.25, 0.3) is 0 Å². The van der Waals surface area contributed by atoms with Crippen LogP contribution in [0.3, 0.4) is 0 Å². The van der Waals surface area contributed by atoms with Crippen molar-refractivity contribution >= 4 is 0 Å². The summed E-state index contributed by atoms with van der Waals surface area (Å²) in [5, 5.41) is 0. The summed E-state index contributed by atoms with van der Waals surface area (Å²) >= 11 is 2.40. The average Bonchev–Trinajstić information content (AvgIpc) is 2.74. The third-order valence-electron chi connectivity index (χ3n) is 4.94. The van der Waals surface area contributed by atoms with Gasteiger partial charge < -0.3 is 37.2 Å². The molecule has 0 aromatic heterocycles. The SMILES string of the molecule is CC1=CC(C)=C(C)[C]1([Ti+3])C(c1ccccc1)c1ccccc1.[Cl-].[Cl-].[Cl-]. The number of allylic oxidation sites excluding steroid dienone is 4. The van der Waals surface area contributed by atoms with Gasteiger partial charge in [-0.15, -0.1) is 0 Å². The summed E-state index contributed by atoms with van der Waals surface area (Å²) in [6, 6.07) is 21.8. The molecule has 1 aliphatic rings. The Kier molecular flexibility index (Phi) is 9.80. The second-order valence-electron chi connectivity index (χ2n) is 6.20. The fraction of sp³-hybridized carbons (Fsp3) is 0.238. The molecular weight excluding hydrogens is 406 g/mol. The minimum atomic E-state index is 0. The molecule has 0 fully saturated rings. The molecule has 0 nitrogen and oxygen atoms in total. The van der Waals surface area contributed by atoms with E-state index in [2.05, 4.69) is 108 Å². The van der Waals surface area contributed by atoms with Crippen LogP contribution in [0.25, 0.3) is 0 Å². The fourth-order valence-corrected chi connectivity index (χ4v) is 4.52. The van der Waals surface area contributed by atoms with Crippen molar-refractivity contribution in [2.24, 2.45) is 0 Å². The molecule has 0 saturated heterocycles. The van der Waals surface area contributed by atoms with Crippen LogP contribution in [0.1, 0.15) is 37.8 Å². The Hall–Kier alpha value is -0.496. The second-order valence-corrected chi connectivity index (χ2v) is 7.43. The van der Waals surface area contributed by atoms with Gasteiger partial charge in [0.1, 0.15) is 0 Å². The number of rotatable bonds is 3. The first-order valence-electron chi connectivity index (χ1n) is 7.76. The summed E-state index contributed by atoms with van der Waals surface area (Å²) in [7, 11) is 0. The molecule has 2 aromatic rings. The normalized spacial score (nSPS) is 18.9. The van der Waals surface area contributed by atoms with Gasteiger partial charge in [0.05, 0.1) is 0 Å². The molecule has 0 saturated carbocycles. The molecule has 0 spiro atoms. The molecule has 0 amide bonds. The van der Waals surface area contributed by atoms with Crippen LogP contribution < -0.4 is 37.2 Å². The van der Waals surface area contributed by atoms with E-state index in [1.54, 1.807) is 0 Å². The van der Waals surface area contributed by atoms with Crippen LogP contribution in [0.15, 0.2) is 83.5 Å². The summed E-state index contributed by atoms with van der Waals surface area (Å²) in [4.78, 5) is 0. The molecule has 1 atom stereocenters. The largest absolute Gasteiger partial charge is 1.00 e. The Morgan fingerprint density at radius 2 is 1.12 bits per heavy atom. The van der Waals surface area contributed by atoms with Gasteiger partial charge in [0.2, 0.25) is 0 Å². The Balaban J connectivity index is 0.00000192. The van der Waals surface area contributed by atoms with E-state index in [0.29, 0.717) is 5.92 Å². The van der Waals surface area contributed by atoms with Crippen molar-refractivity contribution in [1.29, 1.82) is 0 Å². The van der Waals surface area contributed by atoms with Gasteiger partial charge in [-0.25, -0.2) is 0 Å². The van der Waals surface area contributed by atoms with Gasteiger partial charge in [0, 0.05) is 0 Å². The van der Waals surface area contributed by atoms with Gasteiger partial charge in [-0.05, 0) is 0 Å². The van der Waals surface area contributed by atoms with Crippen molar-refractivity contribution in [3.05, 3.63) is 94.6 Å². The van der Waals surface area contributed by atoms with E-state index in [1.165, 1.54) is 27.8 Å². The first kappa shape index (κ1) is 24.5. The molecule has 0 aliphatic heterocycles. The third kappa shape index (κ3) is 4.44. The molecule has 3 rings (SSSR count). The Bertz CT molecular complexity index is 699. The summed E-state index contributed by atoms with van der Waals surface area (Å²) in [5.74, 6) is 0.351. The van der Waals surface area contributed by atoms with Crippen molar-refractivity contribution in [3.8, 4) is 0 Å². The first-order chi connectivity index (χ1) is 10.5. The van der Waals surface area contributed by atoms with Crippen molar-refractivity contribution in [3.63, 3.8) is 0 Å². The van der Waals surface area contributed by atoms with Crippen molar-refractivity contribution in [2.45, 2.75) is 30.4 Å². The topological polar surface area (TPSA) is 0 Å². The standard InChI is InChI=1S/C21H21.3ClH.Ti/c1-15-14-16(2)20(17(15)3)21(18-10-6-4-7-11-18)19-12-8-5-9-13-19;;;;/h4-14,21H,1-3H3;3*1H;/q;;;;+3/p-3. The van der Waals surface area contributed by atoms with Crippen LogP contribution in [0.4, 0.5) is 0 Å². The van der Waals surface area contributed by atoms with Crippen LogP contribution in [0, 0.1) is 0 Å². The zero-order valence-electron chi connectivity index (χ0n) is 14.6. The smallest absolute Gasteiger partial charge is 1.00 e. The molecule has 130 valence electrons. The average molecular weight is 428 g/mol. The predicted octanol–water partition coefficient (Wildman–Crippen LogP) is -3.17. The molecule has 25 heavy (non-hydrogen) atoms. The van der Waals surface area contributed by atoms with Gasteiger partial charge in [-0.2, -0.15) is 0 Å². The van der Waals surface area contributed by atoms with Gasteiger partial charge in [0.15, 0.2) is 0 Å². The second kappa shape index (κ2) is 10.00. The molecule has 0 heterocycles. The molecule has 0 bridgehead atoms. The summed E-state index contributed by atoms with van der Waals surface area (Å²) in [6.45, 7) is 6.80. The van der Waals surface area contributed by atoms with Crippen LogP contribution >= 0.6 is 0 Å². The van der Waals surface area contributed by atoms with E-state index in [-0.39, 0.29) is 40.9 Å². The van der Waals surface area contributed by atoms with E-state index < -0.39 is 0 Å². The van der Waals surface area contributed by atoms with E-state index >= 15 is 0 Å². The monoisotopic (exact) mass is 426 g/mol. The van der Waals surface area contributed by atoms with Gasteiger partial charge in [-0.1, -0.05) is 0 Å². The molecule has 1 unspecified atom stereocenters. The molecular formula is C21H21Cl3Ti. The number of benzene rings is 2. The number of halogens is 3. The summed E-state index contributed by atoms with van der Waals surface area (Å²) in [5.41, 5.74) is 7.13. The summed E-state index contributed by atoms with van der Waals surface area (Å²) in [6.07, 6.45) is 2.36. The van der Waals surface area contributed by atoms with E-state index in [0.717, 1.165) is 0 Å². The molecule has 4 heteroatoms. The maximum absolute atomic E-state index is 2.40. The Labute approximate surface area is 181 Å². The minimum absolute atomic E-state index is 0. The van der Waals surface area contributed by atoms with E-state index in [9.17, 15) is 0 Å². The first-order valence-corrected chi connectivity index (χ1v) is 8.55. The zero-order chi connectivity index (χ0) is 15.7. The maximum Gasteiger partial charge on any atom is -1.00 e. The van der Waals surface area contributed by atoms with Crippen LogP contribution in [-0.2, 0) is 20.4 Å². The molecule has 0 radical (unpaired) electrons. The molecule has 1 aliphatic carbocycles. The van der Waals surface area contributed by atoms with Crippen LogP contribution in [0.5, 0.6) is 0 Å². The van der Waals surface area contributed by atoms with Gasteiger partial charge >= 0.3 is 145 Å². The van der Waals surface area contributed by atoms with Crippen LogP contribution in [-0.4, -0.2) is 0 Å². The number of hydrogen-bond acceptors (Lipinski definition) is 0. The fourth-order valence-electron chi connectivity index (χ4n) is 3.58. The van der Waals surface area contributed by atoms with E-state index in [1.807, 2.05) is 0 Å². The number of hydrogen-bond donors (Lipinski definition) is 0. The minimum Gasteiger partial charge on any atom is -1.00 e. The molecule has 2 aromatic carbocycles. The quantitative estimate of drug-likeness (QED) is 0.454. The van der Waals surface area contributed by atoms with Crippen molar-refractivity contribution in [2.75, 3.05) is 0 Å². The third-order valence-corrected chi connectivity index (χ3v) is 6.59. The van der Waals surface area contributed by atoms with Crippen molar-refractivity contribution < 1.29 is 57.7 Å². The Morgan fingerprint density at radius 3 is 1.44 bits per heavy atom. The maximum atomic E-state index is 2.40. The predicted molar refractivity (Wildman–Crippen MR) is 89.6 cm³/mol. The van der Waals surface area contributed by atoms with Crippen LogP contribution in [0.2, 0.25) is 3.72 Å².